The first-order valence-electron chi connectivity index (χ1n) is 15.5. The van der Waals surface area contributed by atoms with Crippen LogP contribution in [0.5, 0.6) is 0 Å². The molecule has 4 aromatic rings. The number of alkyl carbamates (subject to hydrolysis) is 2. The van der Waals surface area contributed by atoms with Crippen LogP contribution in [0, 0.1) is 0 Å². The van der Waals surface area contributed by atoms with E-state index in [1.54, 1.807) is 103 Å². The maximum Gasteiger partial charge on any atom is 0.490 e. The average Bonchev–Trinajstić information content (AvgIpc) is 3.06. The summed E-state index contributed by atoms with van der Waals surface area (Å²) in [4.78, 5) is 39.0. The van der Waals surface area contributed by atoms with Gasteiger partial charge in [0.15, 0.2) is 0 Å². The van der Waals surface area contributed by atoms with Gasteiger partial charge >= 0.3 is 19.3 Å². The number of amides is 2. The van der Waals surface area contributed by atoms with E-state index < -0.39 is 42.7 Å². The molecule has 2 amide bonds. The Hall–Kier alpha value is -4.48. The fourth-order valence-electron chi connectivity index (χ4n) is 3.62. The molecule has 4 rings (SSSR count). The molecule has 2 unspecified atom stereocenters. The zero-order valence-electron chi connectivity index (χ0n) is 28.8. The maximum atomic E-state index is 11.6. The van der Waals surface area contributed by atoms with Crippen molar-refractivity contribution in [2.75, 3.05) is 13.1 Å². The van der Waals surface area contributed by atoms with Crippen molar-refractivity contribution in [2.45, 2.75) is 65.0 Å². The molecule has 0 aliphatic heterocycles. The molecule has 0 aromatic carbocycles. The van der Waals surface area contributed by atoms with Gasteiger partial charge in [-0.05, 0) is 87.8 Å². The first kappa shape index (κ1) is 41.7. The van der Waals surface area contributed by atoms with Crippen LogP contribution in [0.4, 0.5) is 9.59 Å². The number of halogens is 1. The second kappa shape index (κ2) is 20.3. The summed E-state index contributed by atoms with van der Waals surface area (Å²) in [7, 11) is -1.40. The second-order valence-electron chi connectivity index (χ2n) is 12.6. The number of hydrogen-bond acceptors (Lipinski definition) is 12. The second-order valence-corrected chi connectivity index (χ2v) is 13.5. The number of rotatable bonds is 8. The van der Waals surface area contributed by atoms with Gasteiger partial charge in [0.1, 0.15) is 23.4 Å². The molecule has 0 aliphatic rings. The Morgan fingerprint density at radius 1 is 0.720 bits per heavy atom. The van der Waals surface area contributed by atoms with Crippen molar-refractivity contribution < 1.29 is 39.3 Å². The molecule has 4 aromatic heterocycles. The Labute approximate surface area is 300 Å². The normalized spacial score (nSPS) is 12.1. The molecule has 16 heteroatoms. The van der Waals surface area contributed by atoms with E-state index in [4.69, 9.17) is 19.5 Å². The highest BCUT2D eigenvalue weighted by Gasteiger charge is 2.19. The fourth-order valence-corrected chi connectivity index (χ4v) is 3.85. The van der Waals surface area contributed by atoms with Gasteiger partial charge in [0.05, 0.1) is 24.5 Å². The number of ether oxygens (including phenoxy) is 2. The molecule has 268 valence electrons. The SMILES string of the molecule is CC(C)(C)OC(=O)NCC(O)c1ccc(-c2cccnc2)cn1.CC(C)(C)OC(=O)NCC(O)c1ccc(Br)cn1.OB(O)c1cccnc1. The largest absolute Gasteiger partial charge is 0.490 e. The van der Waals surface area contributed by atoms with Crippen LogP contribution in [0.25, 0.3) is 11.1 Å². The highest BCUT2D eigenvalue weighted by molar-refractivity contribution is 9.10. The number of aliphatic hydroxyl groups is 2. The highest BCUT2D eigenvalue weighted by atomic mass is 79.9. The molecular formula is C34H44BBrN6O8. The minimum Gasteiger partial charge on any atom is -0.444 e. The van der Waals surface area contributed by atoms with E-state index in [0.29, 0.717) is 16.9 Å². The smallest absolute Gasteiger partial charge is 0.444 e. The minimum absolute atomic E-state index is 0.0359. The molecule has 14 nitrogen and oxygen atoms in total. The fraction of sp³-hybridized carbons (Fsp3) is 0.353. The van der Waals surface area contributed by atoms with Gasteiger partial charge in [0.25, 0.3) is 0 Å². The van der Waals surface area contributed by atoms with Gasteiger partial charge in [-0.25, -0.2) is 9.59 Å². The highest BCUT2D eigenvalue weighted by Crippen LogP contribution is 2.19. The topological polar surface area (TPSA) is 209 Å². The zero-order chi connectivity index (χ0) is 37.3. The van der Waals surface area contributed by atoms with Crippen LogP contribution in [-0.4, -0.2) is 83.8 Å². The molecule has 0 aliphatic carbocycles. The van der Waals surface area contributed by atoms with Crippen LogP contribution in [-0.2, 0) is 9.47 Å². The maximum absolute atomic E-state index is 11.6. The third kappa shape index (κ3) is 17.3. The van der Waals surface area contributed by atoms with Crippen LogP contribution >= 0.6 is 15.9 Å². The first-order chi connectivity index (χ1) is 23.4. The number of pyridine rings is 4. The minimum atomic E-state index is -1.40. The lowest BCUT2D eigenvalue weighted by Gasteiger charge is -2.20. The first-order valence-corrected chi connectivity index (χ1v) is 16.3. The summed E-state index contributed by atoms with van der Waals surface area (Å²) in [6.45, 7) is 10.8. The number of nitrogens with zero attached hydrogens (tertiary/aromatic N) is 4. The van der Waals surface area contributed by atoms with Gasteiger partial charge in [-0.15, -0.1) is 0 Å². The van der Waals surface area contributed by atoms with Crippen molar-refractivity contribution >= 4 is 40.7 Å². The van der Waals surface area contributed by atoms with E-state index in [1.165, 1.54) is 6.20 Å². The molecule has 0 radical (unpaired) electrons. The number of aromatic nitrogens is 4. The number of carbonyl (C=O) groups excluding carboxylic acids is 2. The van der Waals surface area contributed by atoms with E-state index in [1.807, 2.05) is 18.2 Å². The van der Waals surface area contributed by atoms with Gasteiger partial charge in [-0.2, -0.15) is 0 Å². The lowest BCUT2D eigenvalue weighted by Crippen LogP contribution is -2.34. The molecule has 0 fully saturated rings. The molecule has 50 heavy (non-hydrogen) atoms. The summed E-state index contributed by atoms with van der Waals surface area (Å²) in [6.07, 6.45) is 6.82. The summed E-state index contributed by atoms with van der Waals surface area (Å²) in [5.74, 6) is 0. The predicted octanol–water partition coefficient (Wildman–Crippen LogP) is 3.87. The number of nitrogens with one attached hydrogen (secondary N) is 2. The standard InChI is InChI=1S/C17H21N3O3.C12H17BrN2O3.C5H6BNO2/c1-17(2,3)23-16(22)20-11-15(21)14-7-6-13(10-19-14)12-5-4-8-18-9-12;1-12(2,3)18-11(17)15-7-10(16)9-5-4-8(13)6-14-9;8-6(9)5-2-1-3-7-4-5/h4-10,15,21H,11H2,1-3H3,(H,20,22);4-6,10,16H,7H2,1-3H3,(H,15,17);1-4,8-9H. The summed E-state index contributed by atoms with van der Waals surface area (Å²) >= 11 is 3.26. The van der Waals surface area contributed by atoms with Gasteiger partial charge in [0, 0.05) is 58.2 Å². The Balaban J connectivity index is 0.000000284. The quantitative estimate of drug-likeness (QED) is 0.142. The summed E-state index contributed by atoms with van der Waals surface area (Å²) < 4.78 is 11.0. The van der Waals surface area contributed by atoms with E-state index >= 15 is 0 Å². The monoisotopic (exact) mass is 754 g/mol. The van der Waals surface area contributed by atoms with Crippen molar-refractivity contribution in [3.05, 3.63) is 102 Å². The Kier molecular flexibility index (Phi) is 16.9. The van der Waals surface area contributed by atoms with E-state index in [-0.39, 0.29) is 13.1 Å². The van der Waals surface area contributed by atoms with Crippen LogP contribution in [0.3, 0.4) is 0 Å². The number of aliphatic hydroxyl groups excluding tert-OH is 2. The van der Waals surface area contributed by atoms with Gasteiger partial charge in [0.2, 0.25) is 0 Å². The third-order valence-corrected chi connectivity index (χ3v) is 6.34. The predicted molar refractivity (Wildman–Crippen MR) is 192 cm³/mol. The van der Waals surface area contributed by atoms with Gasteiger partial charge in [-0.1, -0.05) is 18.2 Å². The lowest BCUT2D eigenvalue weighted by atomic mass is 9.82. The van der Waals surface area contributed by atoms with E-state index in [9.17, 15) is 19.8 Å². The van der Waals surface area contributed by atoms with Crippen LogP contribution < -0.4 is 16.1 Å². The Morgan fingerprint density at radius 2 is 1.20 bits per heavy atom. The van der Waals surface area contributed by atoms with Crippen molar-refractivity contribution in [1.29, 1.82) is 0 Å². The zero-order valence-corrected chi connectivity index (χ0v) is 30.4. The summed E-state index contributed by atoms with van der Waals surface area (Å²) in [5.41, 5.74) is 2.13. The summed E-state index contributed by atoms with van der Waals surface area (Å²) in [5, 5.41) is 42.0. The molecular weight excluding hydrogens is 711 g/mol. The van der Waals surface area contributed by atoms with Crippen molar-refractivity contribution in [3.8, 4) is 11.1 Å². The van der Waals surface area contributed by atoms with Gasteiger partial charge < -0.3 is 40.4 Å². The molecule has 6 N–H and O–H groups in total. The lowest BCUT2D eigenvalue weighted by molar-refractivity contribution is 0.0481. The van der Waals surface area contributed by atoms with E-state index in [2.05, 4.69) is 46.5 Å². The Bertz CT molecular complexity index is 1570. The van der Waals surface area contributed by atoms with Gasteiger partial charge in [-0.3, -0.25) is 19.9 Å². The van der Waals surface area contributed by atoms with Crippen LogP contribution in [0.15, 0.2) is 90.2 Å². The van der Waals surface area contributed by atoms with Crippen molar-refractivity contribution in [1.82, 2.24) is 30.6 Å². The van der Waals surface area contributed by atoms with E-state index in [0.717, 1.165) is 15.6 Å². The Morgan fingerprint density at radius 3 is 1.56 bits per heavy atom. The molecule has 0 spiro atoms. The van der Waals surface area contributed by atoms with Crippen molar-refractivity contribution in [2.24, 2.45) is 0 Å². The van der Waals surface area contributed by atoms with Crippen molar-refractivity contribution in [3.63, 3.8) is 0 Å². The molecule has 4 heterocycles. The number of hydrogen-bond donors (Lipinski definition) is 6. The molecule has 0 bridgehead atoms. The molecule has 0 saturated carbocycles. The summed E-state index contributed by atoms with van der Waals surface area (Å²) in [6, 6.07) is 14.1. The van der Waals surface area contributed by atoms with Crippen LogP contribution in [0.2, 0.25) is 0 Å². The molecule has 2 atom stereocenters. The average molecular weight is 755 g/mol. The third-order valence-electron chi connectivity index (χ3n) is 5.87. The molecule has 0 saturated heterocycles. The number of carbonyl (C=O) groups is 2. The van der Waals surface area contributed by atoms with Crippen LogP contribution in [0.1, 0.15) is 65.1 Å².